The predicted molar refractivity (Wildman–Crippen MR) is 138 cm³/mol. The van der Waals surface area contributed by atoms with E-state index in [-0.39, 0.29) is 24.6 Å². The van der Waals surface area contributed by atoms with Gasteiger partial charge in [0, 0.05) is 30.5 Å². The smallest absolute Gasteiger partial charge is 0.330 e. The maximum Gasteiger partial charge on any atom is 0.330 e. The Balaban J connectivity index is 1.38. The Morgan fingerprint density at radius 2 is 1.66 bits per heavy atom. The molecule has 7 nitrogen and oxygen atoms in total. The largest absolute Gasteiger partial charge is 0.462 e. The fraction of sp³-hybridized carbons (Fsp3) is 0.429. The van der Waals surface area contributed by atoms with E-state index < -0.39 is 5.97 Å². The Kier molecular flexibility index (Phi) is 10.2. The molecule has 0 heterocycles. The lowest BCUT2D eigenvalue weighted by molar-refractivity contribution is -0.141. The molecular weight excluding hydrogens is 444 g/mol. The van der Waals surface area contributed by atoms with Crippen molar-refractivity contribution in [3.8, 4) is 5.75 Å². The summed E-state index contributed by atoms with van der Waals surface area (Å²) in [4.78, 5) is 24.5. The first-order valence-electron chi connectivity index (χ1n) is 12.4. The Bertz CT molecular complexity index is 975. The van der Waals surface area contributed by atoms with E-state index in [4.69, 9.17) is 25.7 Å². The van der Waals surface area contributed by atoms with Crippen molar-refractivity contribution in [1.82, 2.24) is 0 Å². The average Bonchev–Trinajstić information content (AvgIpc) is 2.83. The van der Waals surface area contributed by atoms with Crippen molar-refractivity contribution < 1.29 is 23.8 Å². The normalized spacial score (nSPS) is 17.9. The molecule has 2 aromatic carbocycles. The number of hydrogen-bond donors (Lipinski definition) is 2. The molecule has 2 aromatic rings. The van der Waals surface area contributed by atoms with Crippen LogP contribution >= 0.6 is 0 Å². The van der Waals surface area contributed by atoms with Crippen molar-refractivity contribution in [1.29, 1.82) is 0 Å². The first-order chi connectivity index (χ1) is 16.9. The number of nitrogens with two attached hydrogens (primary N) is 2. The van der Waals surface area contributed by atoms with Gasteiger partial charge in [0.15, 0.2) is 0 Å². The van der Waals surface area contributed by atoms with E-state index in [9.17, 15) is 9.59 Å². The number of unbranched alkanes of at least 4 members (excludes halogenated alkanes) is 1. The maximum absolute atomic E-state index is 12.5. The van der Waals surface area contributed by atoms with E-state index >= 15 is 0 Å². The number of nitrogen functional groups attached to an aromatic ring is 2. The van der Waals surface area contributed by atoms with Gasteiger partial charge in [0.25, 0.3) is 0 Å². The lowest BCUT2D eigenvalue weighted by atomic mass is 9.87. The molecule has 0 bridgehead atoms. The fourth-order valence-corrected chi connectivity index (χ4v) is 4.08. The summed E-state index contributed by atoms with van der Waals surface area (Å²) in [5, 5.41) is 0. The van der Waals surface area contributed by atoms with Crippen LogP contribution < -0.4 is 16.2 Å². The number of benzene rings is 2. The van der Waals surface area contributed by atoms with Crippen LogP contribution in [0.3, 0.4) is 0 Å². The van der Waals surface area contributed by atoms with Gasteiger partial charge in [-0.15, -0.1) is 0 Å². The molecule has 188 valence electrons. The van der Waals surface area contributed by atoms with E-state index in [1.807, 2.05) is 12.1 Å². The highest BCUT2D eigenvalue weighted by molar-refractivity contribution is 5.87. The summed E-state index contributed by atoms with van der Waals surface area (Å²) in [5.74, 6) is -0.214. The SMILES string of the molecule is CCCCOC1CCC(C(=O)Oc2ccc(C=CC(=O)OCCc3cc(N)cc(N)c3)cc2)CC1. The molecular formula is C28H36N2O5. The summed E-state index contributed by atoms with van der Waals surface area (Å²) >= 11 is 0. The molecule has 0 unspecified atom stereocenters. The molecule has 1 aliphatic rings. The molecule has 0 aromatic heterocycles. The molecule has 35 heavy (non-hydrogen) atoms. The van der Waals surface area contributed by atoms with Crippen LogP contribution in [0.15, 0.2) is 48.5 Å². The van der Waals surface area contributed by atoms with Crippen molar-refractivity contribution in [2.45, 2.75) is 58.0 Å². The molecule has 0 saturated heterocycles. The maximum atomic E-state index is 12.5. The zero-order valence-corrected chi connectivity index (χ0v) is 20.4. The van der Waals surface area contributed by atoms with E-state index in [0.29, 0.717) is 23.5 Å². The average molecular weight is 481 g/mol. The molecule has 3 rings (SSSR count). The number of carbonyl (C=O) groups is 2. The van der Waals surface area contributed by atoms with Crippen LogP contribution in [0.5, 0.6) is 5.75 Å². The highest BCUT2D eigenvalue weighted by Crippen LogP contribution is 2.28. The Labute approximate surface area is 207 Å². The number of anilines is 2. The number of esters is 2. The lowest BCUT2D eigenvalue weighted by Crippen LogP contribution is -2.29. The van der Waals surface area contributed by atoms with Crippen molar-refractivity contribution in [3.05, 3.63) is 59.7 Å². The van der Waals surface area contributed by atoms with Gasteiger partial charge in [-0.05, 0) is 79.6 Å². The Morgan fingerprint density at radius 3 is 2.31 bits per heavy atom. The van der Waals surface area contributed by atoms with Gasteiger partial charge >= 0.3 is 11.9 Å². The highest BCUT2D eigenvalue weighted by atomic mass is 16.5. The van der Waals surface area contributed by atoms with Gasteiger partial charge in [0.05, 0.1) is 18.6 Å². The molecule has 0 aliphatic heterocycles. The van der Waals surface area contributed by atoms with Gasteiger partial charge in [-0.2, -0.15) is 0 Å². The standard InChI is InChI=1S/C28H36N2O5/c1-2-3-15-33-25-11-7-22(8-12-25)28(32)35-26-9-4-20(5-10-26)6-13-27(31)34-16-14-21-17-23(29)19-24(30)18-21/h4-6,9-10,13,17-19,22,25H,2-3,7-8,11-12,14-16,29-30H2,1H3. The summed E-state index contributed by atoms with van der Waals surface area (Å²) in [6.07, 6.45) is 9.42. The number of ether oxygens (including phenoxy) is 3. The van der Waals surface area contributed by atoms with Crippen molar-refractivity contribution in [2.24, 2.45) is 5.92 Å². The molecule has 0 radical (unpaired) electrons. The monoisotopic (exact) mass is 480 g/mol. The fourth-order valence-electron chi connectivity index (χ4n) is 4.08. The van der Waals surface area contributed by atoms with Crippen LogP contribution in [-0.2, 0) is 25.5 Å². The van der Waals surface area contributed by atoms with Gasteiger partial charge in [0.2, 0.25) is 0 Å². The quantitative estimate of drug-likeness (QED) is 0.154. The number of rotatable bonds is 11. The van der Waals surface area contributed by atoms with Crippen molar-refractivity contribution in [3.63, 3.8) is 0 Å². The van der Waals surface area contributed by atoms with Crippen molar-refractivity contribution >= 4 is 29.4 Å². The Morgan fingerprint density at radius 1 is 0.971 bits per heavy atom. The highest BCUT2D eigenvalue weighted by Gasteiger charge is 2.28. The molecule has 0 amide bonds. The minimum absolute atomic E-state index is 0.0841. The zero-order valence-electron chi connectivity index (χ0n) is 20.4. The van der Waals surface area contributed by atoms with Crippen LogP contribution in [-0.4, -0.2) is 31.3 Å². The number of hydrogen-bond acceptors (Lipinski definition) is 7. The van der Waals surface area contributed by atoms with Crippen LogP contribution in [0.1, 0.15) is 56.6 Å². The minimum Gasteiger partial charge on any atom is -0.462 e. The topological polar surface area (TPSA) is 114 Å². The molecule has 0 atom stereocenters. The molecule has 1 saturated carbocycles. The molecule has 7 heteroatoms. The lowest BCUT2D eigenvalue weighted by Gasteiger charge is -2.27. The van der Waals surface area contributed by atoms with Gasteiger partial charge in [-0.3, -0.25) is 4.79 Å². The van der Waals surface area contributed by atoms with Crippen LogP contribution in [0.2, 0.25) is 0 Å². The second-order valence-electron chi connectivity index (χ2n) is 8.95. The first kappa shape index (κ1) is 26.3. The molecule has 1 fully saturated rings. The van der Waals surface area contributed by atoms with E-state index in [0.717, 1.165) is 56.3 Å². The molecule has 1 aliphatic carbocycles. The van der Waals surface area contributed by atoms with Crippen LogP contribution in [0.4, 0.5) is 11.4 Å². The summed E-state index contributed by atoms with van der Waals surface area (Å²) < 4.78 is 16.7. The van der Waals surface area contributed by atoms with Gasteiger partial charge < -0.3 is 25.7 Å². The van der Waals surface area contributed by atoms with Gasteiger partial charge in [-0.1, -0.05) is 25.5 Å². The van der Waals surface area contributed by atoms with Gasteiger partial charge in [-0.25, -0.2) is 4.79 Å². The Hall–Kier alpha value is -3.32. The minimum atomic E-state index is -0.438. The summed E-state index contributed by atoms with van der Waals surface area (Å²) in [6.45, 7) is 3.18. The third-order valence-corrected chi connectivity index (χ3v) is 6.04. The number of carbonyl (C=O) groups excluding carboxylic acids is 2. The van der Waals surface area contributed by atoms with Crippen LogP contribution in [0.25, 0.3) is 6.08 Å². The molecule has 4 N–H and O–H groups in total. The van der Waals surface area contributed by atoms with Crippen molar-refractivity contribution in [2.75, 3.05) is 24.7 Å². The predicted octanol–water partition coefficient (Wildman–Crippen LogP) is 4.93. The van der Waals surface area contributed by atoms with E-state index in [1.165, 1.54) is 6.08 Å². The van der Waals surface area contributed by atoms with Gasteiger partial charge in [0.1, 0.15) is 5.75 Å². The summed E-state index contributed by atoms with van der Waals surface area (Å²) in [5.41, 5.74) is 14.4. The second kappa shape index (κ2) is 13.5. The van der Waals surface area contributed by atoms with E-state index in [2.05, 4.69) is 6.92 Å². The molecule has 0 spiro atoms. The first-order valence-corrected chi connectivity index (χ1v) is 12.4. The zero-order chi connectivity index (χ0) is 25.0. The third kappa shape index (κ3) is 9.09. The second-order valence-corrected chi connectivity index (χ2v) is 8.95. The summed E-state index contributed by atoms with van der Waals surface area (Å²) in [6, 6.07) is 12.3. The van der Waals surface area contributed by atoms with Crippen LogP contribution in [0, 0.1) is 5.92 Å². The van der Waals surface area contributed by atoms with E-state index in [1.54, 1.807) is 36.4 Å². The third-order valence-electron chi connectivity index (χ3n) is 6.04. The summed E-state index contributed by atoms with van der Waals surface area (Å²) in [7, 11) is 0.